The fraction of sp³-hybridized carbons (Fsp3) is 0.649. The highest BCUT2D eigenvalue weighted by molar-refractivity contribution is 5.71. The van der Waals surface area contributed by atoms with Crippen LogP contribution in [0.25, 0.3) is 0 Å². The molecule has 0 rings (SSSR count). The Bertz CT molecular complexity index is 1800. The third-order valence-electron chi connectivity index (χ3n) is 14.3. The van der Waals surface area contributed by atoms with Gasteiger partial charge in [0.25, 0.3) is 0 Å². The van der Waals surface area contributed by atoms with Crippen LogP contribution in [0.4, 0.5) is 0 Å². The first-order valence-corrected chi connectivity index (χ1v) is 34.3. The monoisotopic (exact) mass is 1150 g/mol. The van der Waals surface area contributed by atoms with E-state index in [4.69, 9.17) is 14.2 Å². The van der Waals surface area contributed by atoms with Gasteiger partial charge in [-0.25, -0.2) is 0 Å². The molecule has 0 bridgehead atoms. The molecule has 1 atom stereocenters. The summed E-state index contributed by atoms with van der Waals surface area (Å²) in [6.07, 6.45) is 100. The van der Waals surface area contributed by atoms with Crippen LogP contribution < -0.4 is 0 Å². The number of unbranched alkanes of at least 4 members (excludes halogenated alkanes) is 26. The largest absolute Gasteiger partial charge is 0.462 e. The molecule has 0 aliphatic rings. The minimum absolute atomic E-state index is 0.0979. The van der Waals surface area contributed by atoms with Gasteiger partial charge in [0.2, 0.25) is 0 Å². The molecule has 83 heavy (non-hydrogen) atoms. The molecule has 0 aromatic heterocycles. The Labute approximate surface area is 512 Å². The summed E-state index contributed by atoms with van der Waals surface area (Å²) in [6, 6.07) is 0. The number of esters is 3. The van der Waals surface area contributed by atoms with E-state index in [-0.39, 0.29) is 31.1 Å². The van der Waals surface area contributed by atoms with Gasteiger partial charge in [0.1, 0.15) is 13.2 Å². The van der Waals surface area contributed by atoms with Crippen LogP contribution in [0.1, 0.15) is 303 Å². The molecule has 0 saturated heterocycles. The molecule has 0 saturated carbocycles. The van der Waals surface area contributed by atoms with Gasteiger partial charge in [-0.3, -0.25) is 14.4 Å². The minimum Gasteiger partial charge on any atom is -0.462 e. The molecule has 1 unspecified atom stereocenters. The maximum absolute atomic E-state index is 13.0. The Kier molecular flexibility index (Phi) is 65.8. The summed E-state index contributed by atoms with van der Waals surface area (Å²) in [4.78, 5) is 38.4. The van der Waals surface area contributed by atoms with Gasteiger partial charge in [-0.05, 0) is 141 Å². The van der Waals surface area contributed by atoms with Crippen molar-refractivity contribution >= 4 is 17.9 Å². The van der Waals surface area contributed by atoms with E-state index in [1.165, 1.54) is 122 Å². The van der Waals surface area contributed by atoms with Gasteiger partial charge < -0.3 is 14.2 Å². The van der Waals surface area contributed by atoms with E-state index in [0.29, 0.717) is 19.3 Å². The van der Waals surface area contributed by atoms with Crippen LogP contribution in [0.15, 0.2) is 146 Å². The molecule has 6 nitrogen and oxygen atoms in total. The van der Waals surface area contributed by atoms with Crippen LogP contribution in [-0.4, -0.2) is 37.2 Å². The summed E-state index contributed by atoms with van der Waals surface area (Å²) < 4.78 is 16.9. The minimum atomic E-state index is -0.804. The fourth-order valence-corrected chi connectivity index (χ4v) is 9.23. The highest BCUT2D eigenvalue weighted by Crippen LogP contribution is 2.16. The maximum atomic E-state index is 13.0. The standard InChI is InChI=1S/C77H126O6/c1-4-7-10-13-16-19-22-25-27-29-31-33-35-37-38-40-41-43-45-47-49-52-55-58-61-64-67-70-76(79)82-73-74(72-81-75(78)69-66-63-60-57-54-51-24-21-18-15-12-9-6-3)83-77(80)71-68-65-62-59-56-53-50-48-46-44-42-39-36-34-32-30-28-26-23-20-17-14-11-8-5-2/h7,9-10,12,16,18-19,21,23,25-27,30-33,36-39,41,43,51,54,74H,4-6,8,11,13-15,17,20,22,24,28-29,34-35,40,42,44-50,52-53,55-73H2,1-3H3/b10-7-,12-9-,19-16-,21-18-,26-23-,27-25-,32-30-,33-31-,38-37-,39-36-,43-41-,54-51-. The summed E-state index contributed by atoms with van der Waals surface area (Å²) in [5, 5.41) is 0. The van der Waals surface area contributed by atoms with Crippen LogP contribution in [0.2, 0.25) is 0 Å². The van der Waals surface area contributed by atoms with Crippen molar-refractivity contribution in [3.63, 3.8) is 0 Å². The highest BCUT2D eigenvalue weighted by Gasteiger charge is 2.19. The number of ether oxygens (including phenoxy) is 3. The number of hydrogen-bond acceptors (Lipinski definition) is 6. The number of carbonyl (C=O) groups excluding carboxylic acids is 3. The lowest BCUT2D eigenvalue weighted by atomic mass is 10.0. The second-order valence-electron chi connectivity index (χ2n) is 22.3. The summed E-state index contributed by atoms with van der Waals surface area (Å²) in [7, 11) is 0. The molecule has 470 valence electrons. The molecule has 0 aliphatic carbocycles. The van der Waals surface area contributed by atoms with E-state index in [1.54, 1.807) is 0 Å². The zero-order valence-corrected chi connectivity index (χ0v) is 53.9. The Hall–Kier alpha value is -4.71. The quantitative estimate of drug-likeness (QED) is 0.0261. The van der Waals surface area contributed by atoms with E-state index in [2.05, 4.69) is 167 Å². The Morgan fingerprint density at radius 2 is 0.470 bits per heavy atom. The third kappa shape index (κ3) is 68.0. The molecule has 0 amide bonds. The molecular weight excluding hydrogens is 1020 g/mol. The average Bonchev–Trinajstić information content (AvgIpc) is 3.49. The lowest BCUT2D eigenvalue weighted by Gasteiger charge is -2.18. The van der Waals surface area contributed by atoms with E-state index >= 15 is 0 Å². The van der Waals surface area contributed by atoms with Crippen molar-refractivity contribution in [2.45, 2.75) is 309 Å². The van der Waals surface area contributed by atoms with Crippen LogP contribution in [-0.2, 0) is 28.6 Å². The first-order chi connectivity index (χ1) is 41.0. The number of allylic oxidation sites excluding steroid dienone is 24. The molecule has 0 N–H and O–H groups in total. The summed E-state index contributed by atoms with van der Waals surface area (Å²) in [6.45, 7) is 6.38. The smallest absolute Gasteiger partial charge is 0.306 e. The van der Waals surface area contributed by atoms with E-state index < -0.39 is 6.10 Å². The van der Waals surface area contributed by atoms with Crippen LogP contribution in [0.5, 0.6) is 0 Å². The number of carbonyl (C=O) groups is 3. The van der Waals surface area contributed by atoms with Gasteiger partial charge >= 0.3 is 17.9 Å². The van der Waals surface area contributed by atoms with E-state index in [0.717, 1.165) is 141 Å². The van der Waals surface area contributed by atoms with Crippen molar-refractivity contribution in [3.05, 3.63) is 146 Å². The normalized spacial score (nSPS) is 13.0. The van der Waals surface area contributed by atoms with Crippen molar-refractivity contribution in [3.8, 4) is 0 Å². The zero-order valence-electron chi connectivity index (χ0n) is 53.9. The Morgan fingerprint density at radius 3 is 0.747 bits per heavy atom. The van der Waals surface area contributed by atoms with Gasteiger partial charge in [0.05, 0.1) is 0 Å². The molecule has 0 aliphatic heterocycles. The number of rotatable bonds is 61. The molecule has 0 spiro atoms. The van der Waals surface area contributed by atoms with Crippen molar-refractivity contribution < 1.29 is 28.6 Å². The summed E-state index contributed by atoms with van der Waals surface area (Å²) in [5.74, 6) is -0.936. The second-order valence-corrected chi connectivity index (χ2v) is 22.3. The molecule has 0 aromatic rings. The topological polar surface area (TPSA) is 78.9 Å². The van der Waals surface area contributed by atoms with Gasteiger partial charge in [0, 0.05) is 19.3 Å². The van der Waals surface area contributed by atoms with Crippen molar-refractivity contribution in [1.82, 2.24) is 0 Å². The summed E-state index contributed by atoms with van der Waals surface area (Å²) in [5.41, 5.74) is 0. The van der Waals surface area contributed by atoms with Crippen LogP contribution in [0, 0.1) is 0 Å². The third-order valence-corrected chi connectivity index (χ3v) is 14.3. The molecule has 6 heteroatoms. The Morgan fingerprint density at radius 1 is 0.253 bits per heavy atom. The lowest BCUT2D eigenvalue weighted by Crippen LogP contribution is -2.30. The molecular formula is C77H126O6. The van der Waals surface area contributed by atoms with Gasteiger partial charge in [-0.2, -0.15) is 0 Å². The fourth-order valence-electron chi connectivity index (χ4n) is 9.23. The van der Waals surface area contributed by atoms with E-state index in [1.807, 2.05) is 0 Å². The lowest BCUT2D eigenvalue weighted by molar-refractivity contribution is -0.167. The van der Waals surface area contributed by atoms with Gasteiger partial charge in [-0.15, -0.1) is 0 Å². The van der Waals surface area contributed by atoms with Gasteiger partial charge in [-0.1, -0.05) is 289 Å². The predicted molar refractivity (Wildman–Crippen MR) is 362 cm³/mol. The molecule has 0 heterocycles. The first kappa shape index (κ1) is 78.3. The zero-order chi connectivity index (χ0) is 59.9. The predicted octanol–water partition coefficient (Wildman–Crippen LogP) is 23.9. The second kappa shape index (κ2) is 69.8. The van der Waals surface area contributed by atoms with Crippen LogP contribution >= 0.6 is 0 Å². The van der Waals surface area contributed by atoms with E-state index in [9.17, 15) is 14.4 Å². The number of hydrogen-bond donors (Lipinski definition) is 0. The maximum Gasteiger partial charge on any atom is 0.306 e. The van der Waals surface area contributed by atoms with Crippen molar-refractivity contribution in [2.24, 2.45) is 0 Å². The molecule has 0 radical (unpaired) electrons. The van der Waals surface area contributed by atoms with Crippen LogP contribution in [0.3, 0.4) is 0 Å². The van der Waals surface area contributed by atoms with Gasteiger partial charge in [0.15, 0.2) is 6.10 Å². The molecule has 0 aromatic carbocycles. The van der Waals surface area contributed by atoms with Crippen molar-refractivity contribution in [2.75, 3.05) is 13.2 Å². The molecule has 0 fully saturated rings. The highest BCUT2D eigenvalue weighted by atomic mass is 16.6. The Balaban J connectivity index is 4.37. The SMILES string of the molecule is CC/C=C\C/C=C\C/C=C\C/C=C\C/C=C\C/C=C\CCCCCCCCCCC(=O)OCC(COC(=O)CCCCC/C=C\C/C=C\C/C=C\CC)OC(=O)CCCCCCCCCCCC/C=C\C/C=C\C/C=C\CCCCCCC. The van der Waals surface area contributed by atoms with Crippen molar-refractivity contribution in [1.29, 1.82) is 0 Å². The first-order valence-electron chi connectivity index (χ1n) is 34.3. The summed E-state index contributed by atoms with van der Waals surface area (Å²) >= 11 is 0. The average molecular weight is 1150 g/mol.